The van der Waals surface area contributed by atoms with Gasteiger partial charge in [-0.1, -0.05) is 36.7 Å². The number of para-hydroxylation sites is 1. The van der Waals surface area contributed by atoms with Gasteiger partial charge in [0.25, 0.3) is 5.56 Å². The third-order valence-electron chi connectivity index (χ3n) is 6.80. The van der Waals surface area contributed by atoms with Crippen LogP contribution in [0.5, 0.6) is 0 Å². The summed E-state index contributed by atoms with van der Waals surface area (Å²) >= 11 is 6.33. The number of nitrogens with zero attached hydrogens (tertiary/aromatic N) is 6. The lowest BCUT2D eigenvalue weighted by Gasteiger charge is -2.48. The van der Waals surface area contributed by atoms with Gasteiger partial charge in [0.2, 0.25) is 5.95 Å². The zero-order valence-electron chi connectivity index (χ0n) is 18.8. The Morgan fingerprint density at radius 3 is 2.69 bits per heavy atom. The lowest BCUT2D eigenvalue weighted by atomic mass is 9.85. The fourth-order valence-electron chi connectivity index (χ4n) is 5.09. The summed E-state index contributed by atoms with van der Waals surface area (Å²) in [6, 6.07) is 10.4. The van der Waals surface area contributed by atoms with Crippen molar-refractivity contribution in [2.24, 2.45) is 5.92 Å². The summed E-state index contributed by atoms with van der Waals surface area (Å²) in [6.07, 6.45) is 2.74. The summed E-state index contributed by atoms with van der Waals surface area (Å²) in [5.41, 5.74) is 7.02. The van der Waals surface area contributed by atoms with Gasteiger partial charge >= 0.3 is 0 Å². The maximum absolute atomic E-state index is 13.7. The first kappa shape index (κ1) is 22.1. The number of hydrogen-bond acceptors (Lipinski definition) is 8. The van der Waals surface area contributed by atoms with E-state index in [2.05, 4.69) is 16.9 Å². The minimum atomic E-state index is -3.54. The van der Waals surface area contributed by atoms with Crippen molar-refractivity contribution in [2.45, 2.75) is 30.7 Å². The smallest absolute Gasteiger partial charge is 0.284 e. The second kappa shape index (κ2) is 7.79. The highest BCUT2D eigenvalue weighted by atomic mass is 35.5. The van der Waals surface area contributed by atoms with Gasteiger partial charge in [-0.15, -0.1) is 0 Å². The van der Waals surface area contributed by atoms with E-state index in [4.69, 9.17) is 22.4 Å². The van der Waals surface area contributed by atoms with E-state index < -0.39 is 15.9 Å². The van der Waals surface area contributed by atoms with Crippen LogP contribution in [-0.4, -0.2) is 44.9 Å². The van der Waals surface area contributed by atoms with Crippen molar-refractivity contribution in [2.75, 3.05) is 22.9 Å². The quantitative estimate of drug-likeness (QED) is 0.442. The molecule has 2 atom stereocenters. The predicted molar refractivity (Wildman–Crippen MR) is 132 cm³/mol. The monoisotopic (exact) mass is 511 g/mol. The molecule has 4 aromatic rings. The molecule has 1 fully saturated rings. The Morgan fingerprint density at radius 2 is 1.94 bits per heavy atom. The van der Waals surface area contributed by atoms with E-state index in [-0.39, 0.29) is 39.4 Å². The molecular formula is C23H22ClN7O3S. The molecule has 1 aromatic carbocycles. The molecule has 6 rings (SSSR count). The number of sulfone groups is 1. The van der Waals surface area contributed by atoms with E-state index in [0.29, 0.717) is 35.2 Å². The van der Waals surface area contributed by atoms with Gasteiger partial charge in [-0.3, -0.25) is 9.36 Å². The number of aromatic nitrogens is 5. The zero-order valence-corrected chi connectivity index (χ0v) is 20.4. The van der Waals surface area contributed by atoms with Gasteiger partial charge in [-0.2, -0.15) is 10.1 Å². The number of nitrogens with two attached hydrogens (primary N) is 1. The van der Waals surface area contributed by atoms with E-state index >= 15 is 0 Å². The molecule has 2 N–H and O–H groups in total. The maximum Gasteiger partial charge on any atom is 0.284 e. The van der Waals surface area contributed by atoms with Crippen LogP contribution in [0.1, 0.15) is 30.9 Å². The van der Waals surface area contributed by atoms with Crippen molar-refractivity contribution in [1.29, 1.82) is 0 Å². The summed E-state index contributed by atoms with van der Waals surface area (Å²) in [5, 5.41) is 5.12. The highest BCUT2D eigenvalue weighted by molar-refractivity contribution is 7.91. The van der Waals surface area contributed by atoms with Crippen LogP contribution < -0.4 is 16.2 Å². The molecule has 0 spiro atoms. The molecule has 12 heteroatoms. The van der Waals surface area contributed by atoms with Crippen LogP contribution in [0, 0.1) is 5.92 Å². The second-order valence-electron chi connectivity index (χ2n) is 8.81. The van der Waals surface area contributed by atoms with E-state index in [0.717, 1.165) is 6.42 Å². The van der Waals surface area contributed by atoms with Crippen LogP contribution in [0.15, 0.2) is 52.3 Å². The Morgan fingerprint density at radius 1 is 1.17 bits per heavy atom. The lowest BCUT2D eigenvalue weighted by Crippen LogP contribution is -2.53. The van der Waals surface area contributed by atoms with Gasteiger partial charge in [0, 0.05) is 25.1 Å². The van der Waals surface area contributed by atoms with Gasteiger partial charge in [-0.25, -0.2) is 17.9 Å². The largest absolute Gasteiger partial charge is 0.368 e. The molecule has 0 saturated carbocycles. The van der Waals surface area contributed by atoms with Crippen molar-refractivity contribution in [3.8, 4) is 5.69 Å². The highest BCUT2D eigenvalue weighted by Crippen LogP contribution is 2.46. The molecule has 1 saturated heterocycles. The topological polar surface area (TPSA) is 128 Å². The average molecular weight is 512 g/mol. The fourth-order valence-corrected chi connectivity index (χ4v) is 6.92. The van der Waals surface area contributed by atoms with Crippen molar-refractivity contribution < 1.29 is 8.42 Å². The molecule has 35 heavy (non-hydrogen) atoms. The third-order valence-corrected chi connectivity index (χ3v) is 8.89. The van der Waals surface area contributed by atoms with Gasteiger partial charge in [0.15, 0.2) is 21.5 Å². The second-order valence-corrected chi connectivity index (χ2v) is 11.3. The summed E-state index contributed by atoms with van der Waals surface area (Å²) < 4.78 is 28.9. The SMILES string of the molecule is CC[C@H]1CN(c2nc(N)nc3c2S(=O)(=O)CC3)C1c1nn2ccc(Cl)c2c(=O)n1-c1ccccc1. The molecule has 3 aromatic heterocycles. The van der Waals surface area contributed by atoms with Crippen molar-refractivity contribution >= 4 is 38.7 Å². The number of fused-ring (bicyclic) bond motifs is 2. The van der Waals surface area contributed by atoms with Gasteiger partial charge in [0.05, 0.1) is 28.2 Å². The molecule has 0 amide bonds. The number of benzene rings is 1. The first-order valence-corrected chi connectivity index (χ1v) is 13.3. The number of halogens is 1. The Balaban J connectivity index is 1.61. The van der Waals surface area contributed by atoms with Gasteiger partial charge in [0.1, 0.15) is 10.4 Å². The standard InChI is InChI=1S/C23H22ClN7O3S/c1-2-13-12-29(21-19-16(26-23(25)27-21)9-11-35(19,33)34)17(13)20-28-30-10-8-15(24)18(30)22(32)31(20)14-6-4-3-5-7-14/h3-8,10,13,17H,2,9,11-12H2,1H3,(H2,25,26,27)/t13-,17?/m0/s1. The number of anilines is 2. The molecular weight excluding hydrogens is 490 g/mol. The number of nitrogen functional groups attached to an aromatic ring is 1. The van der Waals surface area contributed by atoms with E-state index in [9.17, 15) is 13.2 Å². The first-order valence-electron chi connectivity index (χ1n) is 11.3. The zero-order chi connectivity index (χ0) is 24.5. The molecule has 2 aliphatic rings. The lowest BCUT2D eigenvalue weighted by molar-refractivity contribution is 0.267. The Bertz CT molecular complexity index is 1650. The van der Waals surface area contributed by atoms with Crippen molar-refractivity contribution in [1.82, 2.24) is 24.1 Å². The summed E-state index contributed by atoms with van der Waals surface area (Å²) in [4.78, 5) is 24.3. The van der Waals surface area contributed by atoms with E-state index in [1.165, 1.54) is 4.52 Å². The molecule has 10 nitrogen and oxygen atoms in total. The number of aryl methyl sites for hydroxylation is 1. The normalized spacial score (nSPS) is 20.7. The Kier molecular flexibility index (Phi) is 4.91. The van der Waals surface area contributed by atoms with Crippen LogP contribution in [-0.2, 0) is 16.3 Å². The molecule has 0 radical (unpaired) electrons. The third kappa shape index (κ3) is 3.25. The Labute approximate surface area is 205 Å². The molecule has 180 valence electrons. The molecule has 0 aliphatic carbocycles. The predicted octanol–water partition coefficient (Wildman–Crippen LogP) is 2.43. The van der Waals surface area contributed by atoms with Crippen LogP contribution in [0.25, 0.3) is 11.2 Å². The number of hydrogen-bond donors (Lipinski definition) is 1. The molecule has 5 heterocycles. The summed E-state index contributed by atoms with van der Waals surface area (Å²) in [5.74, 6) is 0.857. The minimum absolute atomic E-state index is 0.0237. The first-order chi connectivity index (χ1) is 16.8. The van der Waals surface area contributed by atoms with E-state index in [1.54, 1.807) is 16.8 Å². The fraction of sp³-hybridized carbons (Fsp3) is 0.304. The van der Waals surface area contributed by atoms with Crippen molar-refractivity contribution in [3.63, 3.8) is 0 Å². The summed E-state index contributed by atoms with van der Waals surface area (Å²) in [7, 11) is -3.54. The molecule has 1 unspecified atom stereocenters. The van der Waals surface area contributed by atoms with Crippen molar-refractivity contribution in [3.05, 3.63) is 69.5 Å². The number of rotatable bonds is 4. The van der Waals surface area contributed by atoms with E-state index in [1.807, 2.05) is 35.2 Å². The Hall–Kier alpha value is -3.44. The van der Waals surface area contributed by atoms with Crippen LogP contribution in [0.3, 0.4) is 0 Å². The summed E-state index contributed by atoms with van der Waals surface area (Å²) in [6.45, 7) is 2.61. The maximum atomic E-state index is 13.7. The van der Waals surface area contributed by atoms with Gasteiger partial charge in [-0.05, 0) is 24.6 Å². The van der Waals surface area contributed by atoms with Crippen LogP contribution >= 0.6 is 11.6 Å². The van der Waals surface area contributed by atoms with Crippen LogP contribution in [0.4, 0.5) is 11.8 Å². The molecule has 0 bridgehead atoms. The minimum Gasteiger partial charge on any atom is -0.368 e. The van der Waals surface area contributed by atoms with Crippen LogP contribution in [0.2, 0.25) is 5.02 Å². The highest BCUT2D eigenvalue weighted by Gasteiger charge is 2.46. The average Bonchev–Trinajstić information content (AvgIpc) is 3.33. The molecule has 2 aliphatic heterocycles. The van der Waals surface area contributed by atoms with Gasteiger partial charge < -0.3 is 10.6 Å².